The third-order valence-electron chi connectivity index (χ3n) is 7.32. The van der Waals surface area contributed by atoms with Gasteiger partial charge in [0, 0.05) is 0 Å². The summed E-state index contributed by atoms with van der Waals surface area (Å²) in [6.07, 6.45) is 39.4. The van der Waals surface area contributed by atoms with Crippen molar-refractivity contribution < 1.29 is 9.05 Å². The van der Waals surface area contributed by atoms with Gasteiger partial charge in [0.25, 0.3) is 0 Å². The summed E-state index contributed by atoms with van der Waals surface area (Å²) >= 11 is 0. The minimum absolute atomic E-state index is 0.254. The average Bonchev–Trinajstić information content (AvgIpc) is 2.87. The molecule has 0 N–H and O–H groups in total. The van der Waals surface area contributed by atoms with E-state index in [1.165, 1.54) is 180 Å². The maximum Gasteiger partial charge on any atom is 0.155 e. The van der Waals surface area contributed by atoms with E-state index < -0.39 is 0 Å². The molecular formula is C32H67O2P. The third-order valence-corrected chi connectivity index (χ3v) is 7.96. The molecule has 0 saturated heterocycles. The molecule has 0 aliphatic heterocycles. The fraction of sp³-hybridized carbons (Fsp3) is 1.00. The molecule has 0 aromatic carbocycles. The van der Waals surface area contributed by atoms with Gasteiger partial charge in [0.15, 0.2) is 9.03 Å². The van der Waals surface area contributed by atoms with E-state index in [4.69, 9.17) is 9.05 Å². The Balaban J connectivity index is 3.00. The molecule has 0 atom stereocenters. The van der Waals surface area contributed by atoms with E-state index in [9.17, 15) is 0 Å². The normalized spacial score (nSPS) is 11.5. The predicted octanol–water partition coefficient (Wildman–Crippen LogP) is 12.5. The molecule has 0 bridgehead atoms. The molecular weight excluding hydrogens is 447 g/mol. The second kappa shape index (κ2) is 34.4. The lowest BCUT2D eigenvalue weighted by atomic mass is 10.0. The zero-order valence-corrected chi connectivity index (χ0v) is 25.5. The highest BCUT2D eigenvalue weighted by atomic mass is 31.1. The molecule has 0 spiro atoms. The SMILES string of the molecule is CCCCCCCCCCCCCCCCOPOCCCCCCCCCCCCCCCC. The summed E-state index contributed by atoms with van der Waals surface area (Å²) in [5.41, 5.74) is 0. The number of rotatable bonds is 32. The summed E-state index contributed by atoms with van der Waals surface area (Å²) in [4.78, 5) is 0. The Hall–Kier alpha value is 0.350. The van der Waals surface area contributed by atoms with E-state index in [2.05, 4.69) is 13.8 Å². The van der Waals surface area contributed by atoms with Crippen LogP contribution in [0.1, 0.15) is 194 Å². The Morgan fingerprint density at radius 2 is 0.486 bits per heavy atom. The van der Waals surface area contributed by atoms with Crippen LogP contribution in [0.25, 0.3) is 0 Å². The molecule has 0 unspecified atom stereocenters. The van der Waals surface area contributed by atoms with Crippen LogP contribution in [0.5, 0.6) is 0 Å². The molecule has 2 nitrogen and oxygen atoms in total. The van der Waals surface area contributed by atoms with Crippen molar-refractivity contribution in [1.82, 2.24) is 0 Å². The van der Waals surface area contributed by atoms with Crippen molar-refractivity contribution in [2.45, 2.75) is 194 Å². The number of hydrogen-bond donors (Lipinski definition) is 0. The second-order valence-electron chi connectivity index (χ2n) is 11.0. The summed E-state index contributed by atoms with van der Waals surface area (Å²) in [5, 5.41) is 0. The molecule has 0 radical (unpaired) electrons. The van der Waals surface area contributed by atoms with E-state index in [-0.39, 0.29) is 9.03 Å². The molecule has 212 valence electrons. The minimum atomic E-state index is 0.254. The summed E-state index contributed by atoms with van der Waals surface area (Å²) in [6.45, 7) is 6.36. The molecule has 3 heteroatoms. The topological polar surface area (TPSA) is 18.5 Å². The molecule has 0 amide bonds. The van der Waals surface area contributed by atoms with Crippen LogP contribution >= 0.6 is 9.03 Å². The molecule has 0 fully saturated rings. The summed E-state index contributed by atoms with van der Waals surface area (Å²) in [7, 11) is 0.254. The summed E-state index contributed by atoms with van der Waals surface area (Å²) in [5.74, 6) is 0. The first-order chi connectivity index (χ1) is 17.4. The Morgan fingerprint density at radius 3 is 0.714 bits per heavy atom. The fourth-order valence-electron chi connectivity index (χ4n) is 4.86. The van der Waals surface area contributed by atoms with E-state index >= 15 is 0 Å². The lowest BCUT2D eigenvalue weighted by Gasteiger charge is -2.06. The lowest BCUT2D eigenvalue weighted by molar-refractivity contribution is 0.256. The van der Waals surface area contributed by atoms with Crippen LogP contribution in [0, 0.1) is 0 Å². The van der Waals surface area contributed by atoms with Crippen LogP contribution in [0.4, 0.5) is 0 Å². The van der Waals surface area contributed by atoms with Crippen molar-refractivity contribution in [3.63, 3.8) is 0 Å². The van der Waals surface area contributed by atoms with E-state index in [1.807, 2.05) is 0 Å². The van der Waals surface area contributed by atoms with Crippen molar-refractivity contribution in [1.29, 1.82) is 0 Å². The van der Waals surface area contributed by atoms with Crippen LogP contribution in [0.15, 0.2) is 0 Å². The lowest BCUT2D eigenvalue weighted by Crippen LogP contribution is -1.90. The Morgan fingerprint density at radius 1 is 0.286 bits per heavy atom. The monoisotopic (exact) mass is 514 g/mol. The quantitative estimate of drug-likeness (QED) is 0.0656. The Labute approximate surface area is 224 Å². The Bertz CT molecular complexity index is 318. The molecule has 0 aromatic heterocycles. The molecule has 0 rings (SSSR count). The van der Waals surface area contributed by atoms with Gasteiger partial charge >= 0.3 is 0 Å². The van der Waals surface area contributed by atoms with E-state index in [0.717, 1.165) is 13.2 Å². The Kier molecular flexibility index (Phi) is 34.7. The van der Waals surface area contributed by atoms with Gasteiger partial charge in [-0.15, -0.1) is 0 Å². The van der Waals surface area contributed by atoms with E-state index in [0.29, 0.717) is 0 Å². The average molecular weight is 515 g/mol. The molecule has 0 aliphatic rings. The molecule has 0 aromatic rings. The zero-order chi connectivity index (χ0) is 25.3. The van der Waals surface area contributed by atoms with Crippen LogP contribution in [-0.2, 0) is 9.05 Å². The van der Waals surface area contributed by atoms with Gasteiger partial charge in [-0.2, -0.15) is 0 Å². The molecule has 35 heavy (non-hydrogen) atoms. The molecule has 0 aliphatic carbocycles. The van der Waals surface area contributed by atoms with Crippen LogP contribution in [-0.4, -0.2) is 13.2 Å². The van der Waals surface area contributed by atoms with E-state index in [1.54, 1.807) is 0 Å². The molecule has 0 saturated carbocycles. The fourth-order valence-corrected chi connectivity index (χ4v) is 5.40. The maximum absolute atomic E-state index is 5.67. The summed E-state index contributed by atoms with van der Waals surface area (Å²) < 4.78 is 11.3. The minimum Gasteiger partial charge on any atom is -0.336 e. The van der Waals surface area contributed by atoms with Gasteiger partial charge in [-0.25, -0.2) is 0 Å². The third kappa shape index (κ3) is 34.4. The van der Waals surface area contributed by atoms with Gasteiger partial charge in [0.05, 0.1) is 13.2 Å². The summed E-state index contributed by atoms with van der Waals surface area (Å²) in [6, 6.07) is 0. The largest absolute Gasteiger partial charge is 0.336 e. The predicted molar refractivity (Wildman–Crippen MR) is 161 cm³/mol. The van der Waals surface area contributed by atoms with Crippen LogP contribution in [0.3, 0.4) is 0 Å². The van der Waals surface area contributed by atoms with Gasteiger partial charge in [0.2, 0.25) is 0 Å². The van der Waals surface area contributed by atoms with Crippen LogP contribution < -0.4 is 0 Å². The van der Waals surface area contributed by atoms with Crippen LogP contribution in [0.2, 0.25) is 0 Å². The van der Waals surface area contributed by atoms with Crippen molar-refractivity contribution in [2.24, 2.45) is 0 Å². The maximum atomic E-state index is 5.67. The van der Waals surface area contributed by atoms with Gasteiger partial charge in [0.1, 0.15) is 0 Å². The van der Waals surface area contributed by atoms with Crippen molar-refractivity contribution in [2.75, 3.05) is 13.2 Å². The highest BCUT2D eigenvalue weighted by Gasteiger charge is 1.97. The van der Waals surface area contributed by atoms with Gasteiger partial charge < -0.3 is 9.05 Å². The standard InChI is InChI=1S/C32H67O2P/c1-3-5-7-9-11-13-15-17-19-21-23-25-27-29-31-33-35-34-32-30-28-26-24-22-20-18-16-14-12-10-8-6-4-2/h35H,3-32H2,1-2H3. The first kappa shape index (κ1) is 35.4. The smallest absolute Gasteiger partial charge is 0.155 e. The van der Waals surface area contributed by atoms with Gasteiger partial charge in [-0.3, -0.25) is 0 Å². The first-order valence-corrected chi connectivity index (χ1v) is 17.2. The van der Waals surface area contributed by atoms with Gasteiger partial charge in [-0.05, 0) is 12.8 Å². The molecule has 0 heterocycles. The zero-order valence-electron chi connectivity index (χ0n) is 24.5. The second-order valence-corrected chi connectivity index (χ2v) is 11.7. The van der Waals surface area contributed by atoms with Crippen molar-refractivity contribution >= 4 is 9.03 Å². The number of hydrogen-bond acceptors (Lipinski definition) is 2. The van der Waals surface area contributed by atoms with Gasteiger partial charge in [-0.1, -0.05) is 181 Å². The number of unbranched alkanes of at least 4 members (excludes halogenated alkanes) is 26. The first-order valence-electron chi connectivity index (χ1n) is 16.4. The van der Waals surface area contributed by atoms with Crippen molar-refractivity contribution in [3.05, 3.63) is 0 Å². The highest BCUT2D eigenvalue weighted by molar-refractivity contribution is 7.26. The highest BCUT2D eigenvalue weighted by Crippen LogP contribution is 2.18. The van der Waals surface area contributed by atoms with Crippen molar-refractivity contribution in [3.8, 4) is 0 Å².